The first-order chi connectivity index (χ1) is 15.7. The molecule has 1 aliphatic heterocycles. The van der Waals surface area contributed by atoms with Crippen LogP contribution in [0.5, 0.6) is 0 Å². The van der Waals surface area contributed by atoms with Gasteiger partial charge in [0.25, 0.3) is 0 Å². The monoisotopic (exact) mass is 463 g/mol. The lowest BCUT2D eigenvalue weighted by Crippen LogP contribution is -2.49. The standard InChI is InChI=1S/C23H24F3N3O4/c1-2-33-22(32)19-18(29-19)21(31)28-17(12-14-6-4-3-5-7-14)20(30)27-13-15-8-10-16(11-9-15)23(24,25)26/h3-11,17-19,29H,2,12-13H2,1H3,(H,27,30)(H,28,31)/t17-,18-,19-/m0/s1. The first-order valence-corrected chi connectivity index (χ1v) is 10.4. The van der Waals surface area contributed by atoms with Crippen LogP contribution in [0.25, 0.3) is 0 Å². The van der Waals surface area contributed by atoms with Gasteiger partial charge >= 0.3 is 12.1 Å². The average Bonchev–Trinajstić information content (AvgIpc) is 3.59. The zero-order chi connectivity index (χ0) is 24.0. The molecular formula is C23H24F3N3O4. The van der Waals surface area contributed by atoms with E-state index in [4.69, 9.17) is 4.74 Å². The second-order valence-electron chi connectivity index (χ2n) is 7.54. The van der Waals surface area contributed by atoms with E-state index in [1.165, 1.54) is 12.1 Å². The summed E-state index contributed by atoms with van der Waals surface area (Å²) in [5, 5.41) is 8.03. The quantitative estimate of drug-likeness (QED) is 0.389. The molecular weight excluding hydrogens is 439 g/mol. The summed E-state index contributed by atoms with van der Waals surface area (Å²) in [5.74, 6) is -1.55. The van der Waals surface area contributed by atoms with Gasteiger partial charge in [0.15, 0.2) is 0 Å². The number of esters is 1. The lowest BCUT2D eigenvalue weighted by atomic mass is 10.0. The van der Waals surface area contributed by atoms with Crippen LogP contribution < -0.4 is 16.0 Å². The highest BCUT2D eigenvalue weighted by molar-refractivity contribution is 5.97. The Morgan fingerprint density at radius 3 is 2.27 bits per heavy atom. The van der Waals surface area contributed by atoms with Crippen molar-refractivity contribution in [2.24, 2.45) is 0 Å². The maximum Gasteiger partial charge on any atom is 0.416 e. The largest absolute Gasteiger partial charge is 0.465 e. The molecule has 1 aliphatic rings. The van der Waals surface area contributed by atoms with Crippen molar-refractivity contribution in [3.05, 3.63) is 71.3 Å². The molecule has 3 atom stereocenters. The average molecular weight is 463 g/mol. The molecule has 0 unspecified atom stereocenters. The van der Waals surface area contributed by atoms with Crippen LogP contribution in [-0.2, 0) is 38.3 Å². The molecule has 2 amide bonds. The zero-order valence-corrected chi connectivity index (χ0v) is 17.8. The van der Waals surface area contributed by atoms with Crippen LogP contribution >= 0.6 is 0 Å². The molecule has 0 aliphatic carbocycles. The normalized spacial score (nSPS) is 18.2. The highest BCUT2D eigenvalue weighted by Crippen LogP contribution is 2.29. The van der Waals surface area contributed by atoms with Gasteiger partial charge in [0.1, 0.15) is 18.1 Å². The molecule has 3 N–H and O–H groups in total. The molecule has 2 aromatic carbocycles. The van der Waals surface area contributed by atoms with Crippen molar-refractivity contribution in [3.63, 3.8) is 0 Å². The third kappa shape index (κ3) is 6.79. The van der Waals surface area contributed by atoms with Crippen molar-refractivity contribution in [3.8, 4) is 0 Å². The number of alkyl halides is 3. The summed E-state index contributed by atoms with van der Waals surface area (Å²) < 4.78 is 43.0. The molecule has 0 spiro atoms. The van der Waals surface area contributed by atoms with E-state index in [1.807, 2.05) is 6.07 Å². The van der Waals surface area contributed by atoms with Gasteiger partial charge in [0.2, 0.25) is 11.8 Å². The van der Waals surface area contributed by atoms with Crippen LogP contribution in [0.15, 0.2) is 54.6 Å². The molecule has 2 aromatic rings. The highest BCUT2D eigenvalue weighted by Gasteiger charge is 2.49. The summed E-state index contributed by atoms with van der Waals surface area (Å²) in [4.78, 5) is 37.2. The minimum Gasteiger partial charge on any atom is -0.465 e. The van der Waals surface area contributed by atoms with Crippen molar-refractivity contribution in [1.29, 1.82) is 0 Å². The number of nitrogens with one attached hydrogen (secondary N) is 3. The molecule has 33 heavy (non-hydrogen) atoms. The van der Waals surface area contributed by atoms with E-state index in [-0.39, 0.29) is 19.6 Å². The van der Waals surface area contributed by atoms with E-state index in [2.05, 4.69) is 16.0 Å². The molecule has 0 bridgehead atoms. The third-order valence-electron chi connectivity index (χ3n) is 5.07. The Morgan fingerprint density at radius 2 is 1.67 bits per heavy atom. The molecule has 7 nitrogen and oxygen atoms in total. The number of rotatable bonds is 9. The summed E-state index contributed by atoms with van der Waals surface area (Å²) in [6.45, 7) is 1.84. The second-order valence-corrected chi connectivity index (χ2v) is 7.54. The molecule has 1 fully saturated rings. The van der Waals surface area contributed by atoms with Crippen molar-refractivity contribution in [1.82, 2.24) is 16.0 Å². The number of ether oxygens (including phenoxy) is 1. The zero-order valence-electron chi connectivity index (χ0n) is 17.8. The predicted octanol–water partition coefficient (Wildman–Crippen LogP) is 1.95. The fourth-order valence-corrected chi connectivity index (χ4v) is 3.25. The highest BCUT2D eigenvalue weighted by atomic mass is 19.4. The molecule has 0 radical (unpaired) electrons. The Balaban J connectivity index is 1.63. The predicted molar refractivity (Wildman–Crippen MR) is 113 cm³/mol. The third-order valence-corrected chi connectivity index (χ3v) is 5.07. The van der Waals surface area contributed by atoms with Gasteiger partial charge in [-0.1, -0.05) is 42.5 Å². The summed E-state index contributed by atoms with van der Waals surface area (Å²) in [6, 6.07) is 11.0. The molecule has 0 saturated carbocycles. The number of halogens is 3. The van der Waals surface area contributed by atoms with Crippen LogP contribution in [0.1, 0.15) is 23.6 Å². The van der Waals surface area contributed by atoms with E-state index in [0.29, 0.717) is 5.56 Å². The Bertz CT molecular complexity index is 981. The van der Waals surface area contributed by atoms with Crippen molar-refractivity contribution in [2.75, 3.05) is 6.61 Å². The van der Waals surface area contributed by atoms with Gasteiger partial charge < -0.3 is 15.4 Å². The fourth-order valence-electron chi connectivity index (χ4n) is 3.25. The molecule has 1 saturated heterocycles. The minimum atomic E-state index is -4.44. The summed E-state index contributed by atoms with van der Waals surface area (Å²) in [5.41, 5.74) is 0.505. The van der Waals surface area contributed by atoms with Crippen molar-refractivity contribution >= 4 is 17.8 Å². The van der Waals surface area contributed by atoms with E-state index in [9.17, 15) is 27.6 Å². The number of hydrogen-bond donors (Lipinski definition) is 3. The lowest BCUT2D eigenvalue weighted by molar-refractivity contribution is -0.143. The molecule has 10 heteroatoms. The first kappa shape index (κ1) is 24.2. The first-order valence-electron chi connectivity index (χ1n) is 10.4. The van der Waals surface area contributed by atoms with E-state index in [1.54, 1.807) is 31.2 Å². The van der Waals surface area contributed by atoms with Gasteiger partial charge in [-0.15, -0.1) is 0 Å². The van der Waals surface area contributed by atoms with Gasteiger partial charge in [-0.05, 0) is 30.2 Å². The topological polar surface area (TPSA) is 106 Å². The molecule has 1 heterocycles. The number of carbonyl (C=O) groups is 3. The SMILES string of the molecule is CCOC(=O)[C@H]1N[C@@H]1C(=O)N[C@@H](Cc1ccccc1)C(=O)NCc1ccc(C(F)(F)F)cc1. The maximum atomic E-state index is 12.8. The van der Waals surface area contributed by atoms with Crippen molar-refractivity contribution < 1.29 is 32.3 Å². The smallest absolute Gasteiger partial charge is 0.416 e. The Morgan fingerprint density at radius 1 is 1.00 bits per heavy atom. The lowest BCUT2D eigenvalue weighted by Gasteiger charge is -2.19. The molecule has 0 aromatic heterocycles. The van der Waals surface area contributed by atoms with Gasteiger partial charge in [-0.3, -0.25) is 19.7 Å². The van der Waals surface area contributed by atoms with Crippen LogP contribution in [0.4, 0.5) is 13.2 Å². The summed E-state index contributed by atoms with van der Waals surface area (Å²) in [6.07, 6.45) is -4.24. The Kier molecular flexibility index (Phi) is 7.70. The van der Waals surface area contributed by atoms with Crippen molar-refractivity contribution in [2.45, 2.75) is 44.2 Å². The number of hydrogen-bond acceptors (Lipinski definition) is 5. The van der Waals surface area contributed by atoms with E-state index in [0.717, 1.165) is 17.7 Å². The van der Waals surface area contributed by atoms with Gasteiger partial charge in [-0.2, -0.15) is 13.2 Å². The van der Waals surface area contributed by atoms with E-state index < -0.39 is 47.6 Å². The Hall–Kier alpha value is -3.40. The number of benzene rings is 2. The van der Waals surface area contributed by atoms with Crippen LogP contribution in [0.3, 0.4) is 0 Å². The summed E-state index contributed by atoms with van der Waals surface area (Å²) in [7, 11) is 0. The maximum absolute atomic E-state index is 12.8. The van der Waals surface area contributed by atoms with Gasteiger partial charge in [0.05, 0.1) is 12.2 Å². The summed E-state index contributed by atoms with van der Waals surface area (Å²) >= 11 is 0. The van der Waals surface area contributed by atoms with Crippen LogP contribution in [-0.4, -0.2) is 42.5 Å². The van der Waals surface area contributed by atoms with Crippen LogP contribution in [0.2, 0.25) is 0 Å². The fraction of sp³-hybridized carbons (Fsp3) is 0.348. The minimum absolute atomic E-state index is 0.00867. The van der Waals surface area contributed by atoms with Gasteiger partial charge in [-0.25, -0.2) is 0 Å². The molecule has 3 rings (SSSR count). The number of amides is 2. The molecule has 176 valence electrons. The van der Waals surface area contributed by atoms with Gasteiger partial charge in [0, 0.05) is 13.0 Å². The number of carbonyl (C=O) groups excluding carboxylic acids is 3. The second kappa shape index (κ2) is 10.5. The van der Waals surface area contributed by atoms with E-state index >= 15 is 0 Å². The Labute approximate surface area is 188 Å². The van der Waals surface area contributed by atoms with Crippen LogP contribution in [0, 0.1) is 0 Å².